The highest BCUT2D eigenvalue weighted by Gasteiger charge is 2.59. The molecule has 0 N–H and O–H groups in total. The van der Waals surface area contributed by atoms with Crippen LogP contribution in [0.15, 0.2) is 30.6 Å². The van der Waals surface area contributed by atoms with Crippen molar-refractivity contribution in [2.45, 2.75) is 63.3 Å². The zero-order chi connectivity index (χ0) is 27.7. The molecule has 1 aliphatic carbocycles. The number of hydrogen-bond donors (Lipinski definition) is 0. The maximum atomic E-state index is 15.1. The summed E-state index contributed by atoms with van der Waals surface area (Å²) >= 11 is 0. The van der Waals surface area contributed by atoms with Crippen molar-refractivity contribution in [3.63, 3.8) is 0 Å². The van der Waals surface area contributed by atoms with Gasteiger partial charge in [0.25, 0.3) is 5.92 Å². The fourth-order valence-electron chi connectivity index (χ4n) is 4.82. The Hall–Kier alpha value is -3.61. The number of fused-ring (bicyclic) bond motifs is 1. The van der Waals surface area contributed by atoms with Crippen LogP contribution in [0.25, 0.3) is 22.4 Å². The van der Waals surface area contributed by atoms with Crippen molar-refractivity contribution in [2.75, 3.05) is 6.61 Å². The van der Waals surface area contributed by atoms with Crippen molar-refractivity contribution in [2.24, 2.45) is 0 Å². The summed E-state index contributed by atoms with van der Waals surface area (Å²) in [5.74, 6) is -3.81. The molecule has 13 heteroatoms. The molecule has 3 atom stereocenters. The van der Waals surface area contributed by atoms with Crippen LogP contribution < -0.4 is 0 Å². The van der Waals surface area contributed by atoms with E-state index in [9.17, 15) is 22.0 Å². The second-order valence-electron chi connectivity index (χ2n) is 10.0. The van der Waals surface area contributed by atoms with Crippen molar-refractivity contribution >= 4 is 11.2 Å². The molecule has 0 bridgehead atoms. The summed E-state index contributed by atoms with van der Waals surface area (Å²) < 4.78 is 88.6. The molecule has 1 aromatic carbocycles. The monoisotopic (exact) mass is 548 g/mol. The predicted molar refractivity (Wildman–Crippen MR) is 126 cm³/mol. The number of halogens is 6. The molecule has 1 saturated heterocycles. The van der Waals surface area contributed by atoms with Crippen LogP contribution in [0, 0.1) is 19.7 Å². The van der Waals surface area contributed by atoms with E-state index in [0.29, 0.717) is 48.3 Å². The van der Waals surface area contributed by atoms with Crippen LogP contribution in [-0.4, -0.2) is 42.2 Å². The van der Waals surface area contributed by atoms with Crippen LogP contribution in [0.2, 0.25) is 0 Å². The van der Waals surface area contributed by atoms with Crippen molar-refractivity contribution in [1.82, 2.24) is 29.7 Å². The van der Waals surface area contributed by atoms with Crippen molar-refractivity contribution in [3.8, 4) is 11.3 Å². The second-order valence-corrected chi connectivity index (χ2v) is 10.0. The fraction of sp³-hybridized carbons (Fsp3) is 0.423. The average Bonchev–Trinajstić information content (AvgIpc) is 3.28. The number of nitrogens with zero attached hydrogens (tertiary/aromatic N) is 6. The van der Waals surface area contributed by atoms with E-state index in [1.54, 1.807) is 20.0 Å². The van der Waals surface area contributed by atoms with Crippen LogP contribution in [0.5, 0.6) is 0 Å². The third kappa shape index (κ3) is 4.72. The number of benzene rings is 1. The first-order chi connectivity index (χ1) is 18.4. The summed E-state index contributed by atoms with van der Waals surface area (Å²) in [5, 5.41) is 4.08. The van der Waals surface area contributed by atoms with E-state index < -0.39 is 35.6 Å². The standard InChI is InChI=1S/C26H22F6N6O/c1-12-13(2)35-24-22(34-12)21(17-4-3-16(8-18(17)27)26(30,31)32)36-23(37-24)14-5-6-39-19(7-14)15-10-33-38(11-15)20-9-25(20,28)29/h3-4,8,10-11,14,19-20H,5-7,9H2,1-2H3/t14-,19+,20-/m0/s1. The summed E-state index contributed by atoms with van der Waals surface area (Å²) in [6.45, 7) is 3.78. The maximum Gasteiger partial charge on any atom is 0.416 e. The van der Waals surface area contributed by atoms with Crippen LogP contribution in [0.1, 0.15) is 65.7 Å². The van der Waals surface area contributed by atoms with Crippen LogP contribution in [0.4, 0.5) is 26.3 Å². The lowest BCUT2D eigenvalue weighted by molar-refractivity contribution is -0.137. The van der Waals surface area contributed by atoms with Gasteiger partial charge in [0.05, 0.1) is 29.3 Å². The number of rotatable bonds is 4. The van der Waals surface area contributed by atoms with Crippen LogP contribution in [-0.2, 0) is 10.9 Å². The minimum absolute atomic E-state index is 0.0450. The Morgan fingerprint density at radius 2 is 1.79 bits per heavy atom. The molecule has 0 amide bonds. The molecular formula is C26H22F6N6O. The minimum Gasteiger partial charge on any atom is -0.373 e. The maximum absolute atomic E-state index is 15.1. The summed E-state index contributed by atoms with van der Waals surface area (Å²) in [6, 6.07) is 1.31. The topological polar surface area (TPSA) is 78.6 Å². The molecule has 4 aromatic rings. The predicted octanol–water partition coefficient (Wildman–Crippen LogP) is 6.27. The molecule has 0 radical (unpaired) electrons. The molecule has 0 spiro atoms. The number of hydrogen-bond acceptors (Lipinski definition) is 6. The SMILES string of the molecule is Cc1nc2nc([C@H]3CCO[C@@H](c4cnn([C@H]5CC5(F)F)c4)C3)nc(-c3ccc(C(F)(F)F)cc3F)c2nc1C. The first kappa shape index (κ1) is 25.7. The molecule has 1 saturated carbocycles. The Morgan fingerprint density at radius 3 is 2.49 bits per heavy atom. The van der Waals surface area contributed by atoms with Crippen LogP contribution >= 0.6 is 0 Å². The van der Waals surface area contributed by atoms with Gasteiger partial charge in [-0.2, -0.15) is 18.3 Å². The van der Waals surface area contributed by atoms with Gasteiger partial charge < -0.3 is 4.74 Å². The van der Waals surface area contributed by atoms with Gasteiger partial charge in [0, 0.05) is 36.3 Å². The van der Waals surface area contributed by atoms with Gasteiger partial charge in [-0.15, -0.1) is 0 Å². The Morgan fingerprint density at radius 1 is 1.05 bits per heavy atom. The van der Waals surface area contributed by atoms with Gasteiger partial charge in [-0.05, 0) is 44.9 Å². The lowest BCUT2D eigenvalue weighted by Gasteiger charge is -2.28. The Labute approximate surface area is 218 Å². The summed E-state index contributed by atoms with van der Waals surface area (Å²) in [4.78, 5) is 18.2. The van der Waals surface area contributed by atoms with Gasteiger partial charge in [0.2, 0.25) is 0 Å². The lowest BCUT2D eigenvalue weighted by atomic mass is 9.92. The van der Waals surface area contributed by atoms with E-state index in [4.69, 9.17) is 4.74 Å². The zero-order valence-corrected chi connectivity index (χ0v) is 20.8. The molecule has 3 aromatic heterocycles. The molecule has 204 valence electrons. The molecule has 2 aliphatic rings. The molecule has 1 aliphatic heterocycles. The highest BCUT2D eigenvalue weighted by molar-refractivity contribution is 5.87. The molecule has 2 fully saturated rings. The molecule has 6 rings (SSSR count). The number of alkyl halides is 5. The second kappa shape index (κ2) is 8.97. The Kier molecular flexibility index (Phi) is 5.90. The van der Waals surface area contributed by atoms with E-state index in [1.807, 2.05) is 0 Å². The minimum atomic E-state index is -4.70. The zero-order valence-electron chi connectivity index (χ0n) is 20.8. The van der Waals surface area contributed by atoms with Gasteiger partial charge in [0.15, 0.2) is 5.65 Å². The van der Waals surface area contributed by atoms with Gasteiger partial charge in [0.1, 0.15) is 28.9 Å². The van der Waals surface area contributed by atoms with Crippen molar-refractivity contribution in [1.29, 1.82) is 0 Å². The number of ether oxygens (including phenoxy) is 1. The van der Waals surface area contributed by atoms with Gasteiger partial charge >= 0.3 is 6.18 Å². The highest BCUT2D eigenvalue weighted by atomic mass is 19.4. The third-order valence-electron chi connectivity index (χ3n) is 7.27. The van der Waals surface area contributed by atoms with E-state index in [2.05, 4.69) is 25.0 Å². The molecular weight excluding hydrogens is 526 g/mol. The van der Waals surface area contributed by atoms with Crippen molar-refractivity contribution < 1.29 is 31.1 Å². The normalized spacial score (nSPS) is 22.8. The summed E-state index contributed by atoms with van der Waals surface area (Å²) in [7, 11) is 0. The largest absolute Gasteiger partial charge is 0.416 e. The molecule has 4 heterocycles. The van der Waals surface area contributed by atoms with E-state index in [-0.39, 0.29) is 34.8 Å². The third-order valence-corrected chi connectivity index (χ3v) is 7.27. The van der Waals surface area contributed by atoms with E-state index in [0.717, 1.165) is 12.1 Å². The van der Waals surface area contributed by atoms with Crippen molar-refractivity contribution in [3.05, 3.63) is 64.7 Å². The number of aryl methyl sites for hydroxylation is 2. The molecule has 0 unspecified atom stereocenters. The lowest BCUT2D eigenvalue weighted by Crippen LogP contribution is -2.20. The smallest absolute Gasteiger partial charge is 0.373 e. The Balaban J connectivity index is 1.38. The van der Waals surface area contributed by atoms with Gasteiger partial charge in [-0.1, -0.05) is 0 Å². The Bertz CT molecular complexity index is 1590. The van der Waals surface area contributed by atoms with Gasteiger partial charge in [-0.3, -0.25) is 4.68 Å². The molecule has 39 heavy (non-hydrogen) atoms. The van der Waals surface area contributed by atoms with E-state index in [1.165, 1.54) is 10.9 Å². The quantitative estimate of drug-likeness (QED) is 0.280. The molecule has 7 nitrogen and oxygen atoms in total. The summed E-state index contributed by atoms with van der Waals surface area (Å²) in [5.41, 5.74) is 0.950. The average molecular weight is 548 g/mol. The summed E-state index contributed by atoms with van der Waals surface area (Å²) in [6.07, 6.45) is -1.44. The fourth-order valence-corrected chi connectivity index (χ4v) is 4.82. The van der Waals surface area contributed by atoms with E-state index >= 15 is 4.39 Å². The first-order valence-electron chi connectivity index (χ1n) is 12.3. The highest BCUT2D eigenvalue weighted by Crippen LogP contribution is 2.52. The van der Waals surface area contributed by atoms with Gasteiger partial charge in [-0.25, -0.2) is 33.1 Å². The number of aromatic nitrogens is 6. The van der Waals surface area contributed by atoms with Crippen LogP contribution in [0.3, 0.4) is 0 Å². The first-order valence-corrected chi connectivity index (χ1v) is 12.3.